The first-order valence-electron chi connectivity index (χ1n) is 2.69. The summed E-state index contributed by atoms with van der Waals surface area (Å²) in [5.74, 6) is 5.58. The molecule has 8 heavy (non-hydrogen) atoms. The van der Waals surface area contributed by atoms with Crippen molar-refractivity contribution in [1.82, 2.24) is 0 Å². The molecule has 0 saturated carbocycles. The fourth-order valence-electron chi connectivity index (χ4n) is 0.405. The van der Waals surface area contributed by atoms with Crippen LogP contribution in [0.25, 0.3) is 0 Å². The Labute approximate surface area is 54.7 Å². The van der Waals surface area contributed by atoms with E-state index in [0.717, 1.165) is 25.1 Å². The van der Waals surface area contributed by atoms with E-state index in [1.807, 2.05) is 0 Å². The zero-order valence-corrected chi connectivity index (χ0v) is 5.56. The first-order chi connectivity index (χ1) is 3.91. The number of nitrogens with zero attached hydrogens (tertiary/aromatic N) is 1. The van der Waals surface area contributed by atoms with Gasteiger partial charge in [-0.25, -0.2) is 0 Å². The van der Waals surface area contributed by atoms with Crippen molar-refractivity contribution in [2.24, 2.45) is 10.9 Å². The van der Waals surface area contributed by atoms with Gasteiger partial charge in [0.05, 0.1) is 0 Å². The monoisotopic (exact) mass is 134 g/mol. The second-order valence-electron chi connectivity index (χ2n) is 1.52. The number of rotatable bonds is 4. The third-order valence-electron chi connectivity index (χ3n) is 0.822. The topological polar surface area (TPSA) is 38.4 Å². The molecule has 48 valence electrons. The molecule has 0 radical (unpaired) electrons. The standard InChI is InChI=1S/C5H11ClN2/c6-4-2-1-3-5-8-7/h5H,1-4,7H2/b8-5+. The number of halogens is 1. The van der Waals surface area contributed by atoms with Gasteiger partial charge in [0.25, 0.3) is 0 Å². The maximum absolute atomic E-state index is 5.40. The molecule has 0 aliphatic rings. The molecule has 0 aliphatic heterocycles. The molecule has 2 nitrogen and oxygen atoms in total. The van der Waals surface area contributed by atoms with Crippen LogP contribution in [0, 0.1) is 0 Å². The molecular formula is C5H11ClN2. The van der Waals surface area contributed by atoms with Crippen molar-refractivity contribution >= 4 is 17.8 Å². The first-order valence-corrected chi connectivity index (χ1v) is 3.23. The van der Waals surface area contributed by atoms with Gasteiger partial charge in [-0.15, -0.1) is 11.6 Å². The zero-order chi connectivity index (χ0) is 6.24. The van der Waals surface area contributed by atoms with E-state index in [4.69, 9.17) is 17.4 Å². The van der Waals surface area contributed by atoms with Gasteiger partial charge in [-0.1, -0.05) is 0 Å². The highest BCUT2D eigenvalue weighted by atomic mass is 35.5. The highest BCUT2D eigenvalue weighted by molar-refractivity contribution is 6.17. The van der Waals surface area contributed by atoms with Gasteiger partial charge in [0.15, 0.2) is 0 Å². The maximum Gasteiger partial charge on any atom is 0.0240 e. The Balaban J connectivity index is 2.72. The highest BCUT2D eigenvalue weighted by Gasteiger charge is 1.80. The summed E-state index contributed by atoms with van der Waals surface area (Å²) in [5.41, 5.74) is 0. The van der Waals surface area contributed by atoms with Crippen molar-refractivity contribution in [3.05, 3.63) is 0 Å². The predicted octanol–water partition coefficient (Wildman–Crippen LogP) is 1.34. The molecule has 0 amide bonds. The Morgan fingerprint density at radius 2 is 2.25 bits per heavy atom. The summed E-state index contributed by atoms with van der Waals surface area (Å²) in [5, 5.41) is 3.34. The Hall–Kier alpha value is -0.240. The summed E-state index contributed by atoms with van der Waals surface area (Å²) in [6.45, 7) is 0. The van der Waals surface area contributed by atoms with Gasteiger partial charge in [-0.05, 0) is 19.3 Å². The summed E-state index contributed by atoms with van der Waals surface area (Å²) in [6.07, 6.45) is 4.79. The molecule has 0 aliphatic carbocycles. The van der Waals surface area contributed by atoms with Crippen LogP contribution in [0.15, 0.2) is 5.10 Å². The van der Waals surface area contributed by atoms with Crippen LogP contribution in [-0.2, 0) is 0 Å². The molecule has 0 rings (SSSR count). The van der Waals surface area contributed by atoms with Gasteiger partial charge in [0.2, 0.25) is 0 Å². The fraction of sp³-hybridized carbons (Fsp3) is 0.800. The van der Waals surface area contributed by atoms with Crippen LogP contribution in [0.1, 0.15) is 19.3 Å². The number of alkyl halides is 1. The minimum atomic E-state index is 0.735. The smallest absolute Gasteiger partial charge is 0.0240 e. The van der Waals surface area contributed by atoms with Gasteiger partial charge in [0.1, 0.15) is 0 Å². The number of hydrogen-bond donors (Lipinski definition) is 1. The van der Waals surface area contributed by atoms with Crippen molar-refractivity contribution in [1.29, 1.82) is 0 Å². The largest absolute Gasteiger partial charge is 0.324 e. The quantitative estimate of drug-likeness (QED) is 0.204. The molecule has 2 N–H and O–H groups in total. The van der Waals surface area contributed by atoms with Gasteiger partial charge in [0, 0.05) is 12.1 Å². The van der Waals surface area contributed by atoms with Crippen LogP contribution in [0.4, 0.5) is 0 Å². The van der Waals surface area contributed by atoms with Crippen molar-refractivity contribution in [2.75, 3.05) is 5.88 Å². The average Bonchev–Trinajstić information content (AvgIpc) is 1.81. The Kier molecular flexibility index (Phi) is 6.56. The Bertz CT molecular complexity index is 63.4. The fourth-order valence-corrected chi connectivity index (χ4v) is 0.594. The normalized spacial score (nSPS) is 10.6. The lowest BCUT2D eigenvalue weighted by atomic mass is 10.3. The van der Waals surface area contributed by atoms with Crippen LogP contribution >= 0.6 is 11.6 Å². The van der Waals surface area contributed by atoms with Crippen LogP contribution in [0.5, 0.6) is 0 Å². The second kappa shape index (κ2) is 6.76. The lowest BCUT2D eigenvalue weighted by Gasteiger charge is -1.87. The summed E-state index contributed by atoms with van der Waals surface area (Å²) in [4.78, 5) is 0. The van der Waals surface area contributed by atoms with Gasteiger partial charge in [-0.3, -0.25) is 0 Å². The van der Waals surface area contributed by atoms with E-state index >= 15 is 0 Å². The average molecular weight is 135 g/mol. The minimum Gasteiger partial charge on any atom is -0.324 e. The molecule has 0 aromatic rings. The summed E-state index contributed by atoms with van der Waals surface area (Å²) < 4.78 is 0. The summed E-state index contributed by atoms with van der Waals surface area (Å²) in [6, 6.07) is 0. The minimum absolute atomic E-state index is 0.735. The van der Waals surface area contributed by atoms with E-state index in [0.29, 0.717) is 0 Å². The van der Waals surface area contributed by atoms with Crippen molar-refractivity contribution in [3.8, 4) is 0 Å². The summed E-state index contributed by atoms with van der Waals surface area (Å²) in [7, 11) is 0. The highest BCUT2D eigenvalue weighted by Crippen LogP contribution is 1.93. The molecule has 0 aromatic heterocycles. The third-order valence-corrected chi connectivity index (χ3v) is 1.09. The first kappa shape index (κ1) is 7.76. The van der Waals surface area contributed by atoms with Gasteiger partial charge < -0.3 is 5.84 Å². The SMILES string of the molecule is N/N=C/CCCCCl. The van der Waals surface area contributed by atoms with Crippen LogP contribution in [0.2, 0.25) is 0 Å². The second-order valence-corrected chi connectivity index (χ2v) is 1.89. The Morgan fingerprint density at radius 1 is 1.50 bits per heavy atom. The zero-order valence-electron chi connectivity index (χ0n) is 4.81. The molecule has 0 fully saturated rings. The van der Waals surface area contributed by atoms with E-state index in [2.05, 4.69) is 5.10 Å². The molecule has 0 saturated heterocycles. The van der Waals surface area contributed by atoms with Crippen LogP contribution in [-0.4, -0.2) is 12.1 Å². The molecule has 0 atom stereocenters. The van der Waals surface area contributed by atoms with E-state index in [9.17, 15) is 0 Å². The van der Waals surface area contributed by atoms with Gasteiger partial charge >= 0.3 is 0 Å². The Morgan fingerprint density at radius 3 is 2.75 bits per heavy atom. The van der Waals surface area contributed by atoms with E-state index in [1.54, 1.807) is 6.21 Å². The molecule has 0 spiro atoms. The van der Waals surface area contributed by atoms with Crippen molar-refractivity contribution in [2.45, 2.75) is 19.3 Å². The summed E-state index contributed by atoms with van der Waals surface area (Å²) >= 11 is 5.40. The molecule has 0 unspecified atom stereocenters. The third kappa shape index (κ3) is 5.76. The van der Waals surface area contributed by atoms with Crippen LogP contribution < -0.4 is 5.84 Å². The maximum atomic E-state index is 5.40. The van der Waals surface area contributed by atoms with Crippen LogP contribution in [0.3, 0.4) is 0 Å². The van der Waals surface area contributed by atoms with Crippen molar-refractivity contribution in [3.63, 3.8) is 0 Å². The van der Waals surface area contributed by atoms with E-state index in [-0.39, 0.29) is 0 Å². The number of hydrazone groups is 1. The number of hydrogen-bond acceptors (Lipinski definition) is 2. The van der Waals surface area contributed by atoms with E-state index < -0.39 is 0 Å². The van der Waals surface area contributed by atoms with Gasteiger partial charge in [-0.2, -0.15) is 5.10 Å². The number of unbranched alkanes of at least 4 members (excludes halogenated alkanes) is 2. The lowest BCUT2D eigenvalue weighted by molar-refractivity contribution is 0.846. The van der Waals surface area contributed by atoms with E-state index in [1.165, 1.54) is 0 Å². The molecular weight excluding hydrogens is 124 g/mol. The molecule has 0 heterocycles. The number of nitrogens with two attached hydrogens (primary N) is 1. The molecule has 3 heteroatoms. The molecule has 0 aromatic carbocycles. The molecule has 0 bridgehead atoms. The predicted molar refractivity (Wildman–Crippen MR) is 37.3 cm³/mol. The van der Waals surface area contributed by atoms with Crippen molar-refractivity contribution < 1.29 is 0 Å². The lowest BCUT2D eigenvalue weighted by Crippen LogP contribution is -1.83.